The van der Waals surface area contributed by atoms with Gasteiger partial charge in [0.2, 0.25) is 5.91 Å². The third-order valence-electron chi connectivity index (χ3n) is 4.33. The molecule has 84 valence electrons. The Balaban J connectivity index is 1.82. The van der Waals surface area contributed by atoms with E-state index in [-0.39, 0.29) is 17.4 Å². The molecule has 3 aliphatic rings. The normalized spacial score (nSPS) is 36.6. The first kappa shape index (κ1) is 9.60. The number of hydrogen-bond acceptors (Lipinski definition) is 3. The fourth-order valence-corrected chi connectivity index (χ4v) is 3.31. The summed E-state index contributed by atoms with van der Waals surface area (Å²) in [7, 11) is 0. The molecular weight excluding hydrogens is 194 g/mol. The van der Waals surface area contributed by atoms with Gasteiger partial charge < -0.3 is 15.2 Å². The van der Waals surface area contributed by atoms with Crippen LogP contribution in [0.1, 0.15) is 32.1 Å². The van der Waals surface area contributed by atoms with Crippen LogP contribution in [0.5, 0.6) is 0 Å². The number of aliphatic hydroxyl groups is 1. The van der Waals surface area contributed by atoms with Gasteiger partial charge in [0.25, 0.3) is 0 Å². The minimum Gasteiger partial charge on any atom is -0.389 e. The van der Waals surface area contributed by atoms with Crippen LogP contribution in [-0.2, 0) is 9.53 Å². The fourth-order valence-electron chi connectivity index (χ4n) is 3.31. The van der Waals surface area contributed by atoms with E-state index in [1.54, 1.807) is 0 Å². The van der Waals surface area contributed by atoms with Crippen molar-refractivity contribution in [2.75, 3.05) is 13.2 Å². The number of rotatable bonds is 1. The maximum Gasteiger partial charge on any atom is 0.228 e. The van der Waals surface area contributed by atoms with E-state index < -0.39 is 5.60 Å². The van der Waals surface area contributed by atoms with E-state index in [0.717, 1.165) is 12.8 Å². The molecule has 0 aromatic carbocycles. The number of amides is 1. The van der Waals surface area contributed by atoms with Gasteiger partial charge in [-0.15, -0.1) is 0 Å². The average Bonchev–Trinajstić information content (AvgIpc) is 2.11. The number of ether oxygens (including phenoxy) is 1. The molecule has 1 atom stereocenters. The van der Waals surface area contributed by atoms with Gasteiger partial charge in [0.1, 0.15) is 0 Å². The van der Waals surface area contributed by atoms with Gasteiger partial charge in [0.05, 0.1) is 17.1 Å². The lowest BCUT2D eigenvalue weighted by Crippen LogP contribution is -2.78. The maximum atomic E-state index is 11.6. The molecule has 2 saturated heterocycles. The average molecular weight is 211 g/mol. The van der Waals surface area contributed by atoms with Crippen LogP contribution >= 0.6 is 0 Å². The number of carbonyl (C=O) groups excluding carboxylic acids is 1. The fraction of sp³-hybridized carbons (Fsp3) is 0.909. The van der Waals surface area contributed by atoms with Gasteiger partial charge in [-0.05, 0) is 19.3 Å². The monoisotopic (exact) mass is 211 g/mol. The van der Waals surface area contributed by atoms with Gasteiger partial charge in [-0.25, -0.2) is 0 Å². The Kier molecular flexibility index (Phi) is 1.89. The lowest BCUT2D eigenvalue weighted by molar-refractivity contribution is -0.186. The van der Waals surface area contributed by atoms with E-state index in [4.69, 9.17) is 4.74 Å². The quantitative estimate of drug-likeness (QED) is 0.609. The van der Waals surface area contributed by atoms with E-state index in [1.165, 1.54) is 6.42 Å². The smallest absolute Gasteiger partial charge is 0.228 e. The number of β-lactam (4-membered cyclic amide) rings is 1. The Morgan fingerprint density at radius 1 is 1.27 bits per heavy atom. The SMILES string of the molecule is O=C1NC2(CCC2)C1C1(O)CCOCC1. The van der Waals surface area contributed by atoms with Crippen molar-refractivity contribution in [1.29, 1.82) is 0 Å². The van der Waals surface area contributed by atoms with Crippen molar-refractivity contribution in [3.05, 3.63) is 0 Å². The zero-order valence-corrected chi connectivity index (χ0v) is 8.79. The third kappa shape index (κ3) is 1.18. The van der Waals surface area contributed by atoms with Crippen LogP contribution in [0, 0.1) is 5.92 Å². The largest absolute Gasteiger partial charge is 0.389 e. The lowest BCUT2D eigenvalue weighted by atomic mass is 9.55. The molecule has 3 fully saturated rings. The maximum absolute atomic E-state index is 11.6. The van der Waals surface area contributed by atoms with E-state index in [2.05, 4.69) is 5.32 Å². The second-order valence-electron chi connectivity index (χ2n) is 5.15. The van der Waals surface area contributed by atoms with Gasteiger partial charge in [-0.1, -0.05) is 0 Å². The molecule has 2 N–H and O–H groups in total. The molecule has 2 aliphatic heterocycles. The number of nitrogens with one attached hydrogen (secondary N) is 1. The van der Waals surface area contributed by atoms with Crippen molar-refractivity contribution in [2.45, 2.75) is 43.2 Å². The Labute approximate surface area is 89.0 Å². The zero-order chi connectivity index (χ0) is 10.5. The molecule has 1 amide bonds. The number of carbonyl (C=O) groups is 1. The first-order chi connectivity index (χ1) is 7.16. The van der Waals surface area contributed by atoms with Crippen LogP contribution in [0.2, 0.25) is 0 Å². The Morgan fingerprint density at radius 2 is 1.93 bits per heavy atom. The molecule has 4 nitrogen and oxygen atoms in total. The summed E-state index contributed by atoms with van der Waals surface area (Å²) < 4.78 is 5.25. The highest BCUT2D eigenvalue weighted by molar-refractivity contribution is 5.89. The highest BCUT2D eigenvalue weighted by Gasteiger charge is 2.64. The predicted octanol–water partition coefficient (Wildman–Crippen LogP) is 0.197. The van der Waals surface area contributed by atoms with Crippen molar-refractivity contribution >= 4 is 5.91 Å². The molecule has 1 unspecified atom stereocenters. The van der Waals surface area contributed by atoms with Crippen LogP contribution < -0.4 is 5.32 Å². The minimum absolute atomic E-state index is 0.0408. The van der Waals surface area contributed by atoms with Gasteiger partial charge in [0.15, 0.2) is 0 Å². The first-order valence-corrected chi connectivity index (χ1v) is 5.79. The molecule has 0 aromatic heterocycles. The van der Waals surface area contributed by atoms with Crippen molar-refractivity contribution in [3.8, 4) is 0 Å². The lowest BCUT2D eigenvalue weighted by Gasteiger charge is -2.60. The van der Waals surface area contributed by atoms with E-state index >= 15 is 0 Å². The Morgan fingerprint density at radius 3 is 2.40 bits per heavy atom. The Bertz CT molecular complexity index is 292. The minimum atomic E-state index is -0.805. The molecule has 0 aromatic rings. The molecule has 4 heteroatoms. The molecule has 0 bridgehead atoms. The second-order valence-corrected chi connectivity index (χ2v) is 5.15. The number of hydrogen-bond donors (Lipinski definition) is 2. The van der Waals surface area contributed by atoms with Crippen LogP contribution in [-0.4, -0.2) is 35.4 Å². The molecule has 3 rings (SSSR count). The molecule has 1 saturated carbocycles. The molecule has 2 heterocycles. The van der Waals surface area contributed by atoms with Gasteiger partial charge in [-0.3, -0.25) is 4.79 Å². The summed E-state index contributed by atoms with van der Waals surface area (Å²) in [5.41, 5.74) is -0.857. The van der Waals surface area contributed by atoms with Crippen molar-refractivity contribution < 1.29 is 14.6 Å². The van der Waals surface area contributed by atoms with Gasteiger partial charge >= 0.3 is 0 Å². The Hall–Kier alpha value is -0.610. The molecular formula is C11H17NO3. The summed E-state index contributed by atoms with van der Waals surface area (Å²) in [6.45, 7) is 1.16. The van der Waals surface area contributed by atoms with Crippen LogP contribution in [0.3, 0.4) is 0 Å². The van der Waals surface area contributed by atoms with Crippen LogP contribution in [0.4, 0.5) is 0 Å². The zero-order valence-electron chi connectivity index (χ0n) is 8.79. The molecule has 15 heavy (non-hydrogen) atoms. The van der Waals surface area contributed by atoms with Crippen molar-refractivity contribution in [3.63, 3.8) is 0 Å². The molecule has 1 spiro atoms. The summed E-state index contributed by atoms with van der Waals surface area (Å²) in [5.74, 6) is -0.137. The van der Waals surface area contributed by atoms with E-state index in [1.807, 2.05) is 0 Å². The molecule has 0 radical (unpaired) electrons. The van der Waals surface area contributed by atoms with E-state index in [9.17, 15) is 9.90 Å². The third-order valence-corrected chi connectivity index (χ3v) is 4.33. The van der Waals surface area contributed by atoms with Crippen molar-refractivity contribution in [2.24, 2.45) is 5.92 Å². The highest BCUT2D eigenvalue weighted by atomic mass is 16.5. The van der Waals surface area contributed by atoms with Crippen LogP contribution in [0.15, 0.2) is 0 Å². The summed E-state index contributed by atoms with van der Waals surface area (Å²) in [5, 5.41) is 13.5. The summed E-state index contributed by atoms with van der Waals surface area (Å²) >= 11 is 0. The summed E-state index contributed by atoms with van der Waals surface area (Å²) in [6.07, 6.45) is 4.45. The first-order valence-electron chi connectivity index (χ1n) is 5.79. The molecule has 1 aliphatic carbocycles. The van der Waals surface area contributed by atoms with Gasteiger partial charge in [-0.2, -0.15) is 0 Å². The predicted molar refractivity (Wildman–Crippen MR) is 53.2 cm³/mol. The van der Waals surface area contributed by atoms with Crippen molar-refractivity contribution in [1.82, 2.24) is 5.32 Å². The summed E-state index contributed by atoms with van der Waals surface area (Å²) in [6, 6.07) is 0. The topological polar surface area (TPSA) is 58.6 Å². The van der Waals surface area contributed by atoms with Crippen LogP contribution in [0.25, 0.3) is 0 Å². The standard InChI is InChI=1S/C11H17NO3/c13-9-8(10(12-9)2-1-3-10)11(14)4-6-15-7-5-11/h8,14H,1-7H2,(H,12,13). The van der Waals surface area contributed by atoms with E-state index in [0.29, 0.717) is 26.1 Å². The highest BCUT2D eigenvalue weighted by Crippen LogP contribution is 2.51. The van der Waals surface area contributed by atoms with Gasteiger partial charge in [0, 0.05) is 26.1 Å². The second kappa shape index (κ2) is 2.95. The summed E-state index contributed by atoms with van der Waals surface area (Å²) in [4.78, 5) is 11.6.